The number of pyridine rings is 1. The molecule has 0 atom stereocenters. The molecule has 90 valence electrons. The van der Waals surface area contributed by atoms with Crippen LogP contribution in [0.5, 0.6) is 5.75 Å². The molecule has 0 unspecified atom stereocenters. The van der Waals surface area contributed by atoms with Gasteiger partial charge in [0.05, 0.1) is 12.8 Å². The van der Waals surface area contributed by atoms with E-state index in [1.807, 2.05) is 30.3 Å². The number of anilines is 2. The molecule has 2 rings (SSSR count). The molecule has 18 heavy (non-hydrogen) atoms. The van der Waals surface area contributed by atoms with Gasteiger partial charge in [0.2, 0.25) is 0 Å². The van der Waals surface area contributed by atoms with Crippen LogP contribution >= 0.6 is 11.6 Å². The molecule has 0 aliphatic carbocycles. The van der Waals surface area contributed by atoms with E-state index in [1.54, 1.807) is 19.4 Å². The zero-order chi connectivity index (χ0) is 13.0. The first-order valence-electron chi connectivity index (χ1n) is 5.20. The summed E-state index contributed by atoms with van der Waals surface area (Å²) in [4.78, 5) is 3.86. The third kappa shape index (κ3) is 2.53. The molecule has 1 heterocycles. The number of methoxy groups -OCH3 is 1. The molecule has 1 N–H and O–H groups in total. The Kier molecular flexibility index (Phi) is 3.66. The van der Waals surface area contributed by atoms with Crippen LogP contribution < -0.4 is 10.1 Å². The third-order valence-corrected chi connectivity index (χ3v) is 2.67. The SMILES string of the molecule is COc1ccc(Nc2ccnc(Cl)c2C#N)cc1. The normalized spacial score (nSPS) is 9.61. The molecule has 0 bridgehead atoms. The second-order valence-electron chi connectivity index (χ2n) is 3.49. The van der Waals surface area contributed by atoms with Crippen LogP contribution in [0.3, 0.4) is 0 Å². The molecule has 0 amide bonds. The molecule has 5 heteroatoms. The fraction of sp³-hybridized carbons (Fsp3) is 0.0769. The Morgan fingerprint density at radius 1 is 1.28 bits per heavy atom. The van der Waals surface area contributed by atoms with Crippen LogP contribution in [0.2, 0.25) is 5.15 Å². The highest BCUT2D eigenvalue weighted by atomic mass is 35.5. The number of aromatic nitrogens is 1. The van der Waals surface area contributed by atoms with Gasteiger partial charge in [0, 0.05) is 11.9 Å². The summed E-state index contributed by atoms with van der Waals surface area (Å²) < 4.78 is 5.07. The van der Waals surface area contributed by atoms with E-state index < -0.39 is 0 Å². The van der Waals surface area contributed by atoms with Crippen molar-refractivity contribution in [1.29, 1.82) is 5.26 Å². The second kappa shape index (κ2) is 5.39. The molecule has 0 spiro atoms. The van der Waals surface area contributed by atoms with Gasteiger partial charge >= 0.3 is 0 Å². The lowest BCUT2D eigenvalue weighted by Crippen LogP contribution is -1.95. The second-order valence-corrected chi connectivity index (χ2v) is 3.85. The number of rotatable bonds is 3. The molecule has 2 aromatic rings. The van der Waals surface area contributed by atoms with E-state index in [0.717, 1.165) is 11.4 Å². The summed E-state index contributed by atoms with van der Waals surface area (Å²) in [6.45, 7) is 0. The first kappa shape index (κ1) is 12.2. The molecular weight excluding hydrogens is 250 g/mol. The zero-order valence-corrected chi connectivity index (χ0v) is 10.4. The molecule has 4 nitrogen and oxygen atoms in total. The van der Waals surface area contributed by atoms with Crippen molar-refractivity contribution in [3.05, 3.63) is 47.2 Å². The van der Waals surface area contributed by atoms with Gasteiger partial charge in [-0.05, 0) is 30.3 Å². The Labute approximate surface area is 110 Å². The van der Waals surface area contributed by atoms with E-state index in [-0.39, 0.29) is 5.15 Å². The average molecular weight is 260 g/mol. The van der Waals surface area contributed by atoms with E-state index in [1.165, 1.54) is 0 Å². The van der Waals surface area contributed by atoms with Crippen molar-refractivity contribution in [1.82, 2.24) is 4.98 Å². The number of nitrogens with one attached hydrogen (secondary N) is 1. The van der Waals surface area contributed by atoms with Crippen molar-refractivity contribution >= 4 is 23.0 Å². The van der Waals surface area contributed by atoms with Crippen LogP contribution in [0.15, 0.2) is 36.5 Å². The Hall–Kier alpha value is -2.25. The highest BCUT2D eigenvalue weighted by Gasteiger charge is 2.07. The lowest BCUT2D eigenvalue weighted by Gasteiger charge is -2.09. The molecule has 0 radical (unpaired) electrons. The maximum atomic E-state index is 9.03. The molecule has 0 fully saturated rings. The van der Waals surface area contributed by atoms with Crippen molar-refractivity contribution in [3.63, 3.8) is 0 Å². The van der Waals surface area contributed by atoms with Gasteiger partial charge in [0.25, 0.3) is 0 Å². The van der Waals surface area contributed by atoms with Crippen LogP contribution in [0, 0.1) is 11.3 Å². The summed E-state index contributed by atoms with van der Waals surface area (Å²) in [5, 5.41) is 12.3. The van der Waals surface area contributed by atoms with E-state index in [4.69, 9.17) is 21.6 Å². The molecule has 1 aromatic carbocycles. The van der Waals surface area contributed by atoms with Gasteiger partial charge in [-0.1, -0.05) is 11.6 Å². The van der Waals surface area contributed by atoms with E-state index in [2.05, 4.69) is 10.3 Å². The summed E-state index contributed by atoms with van der Waals surface area (Å²) >= 11 is 5.85. The highest BCUT2D eigenvalue weighted by molar-refractivity contribution is 6.30. The van der Waals surface area contributed by atoms with Crippen LogP contribution in [-0.2, 0) is 0 Å². The number of ether oxygens (including phenoxy) is 1. The summed E-state index contributed by atoms with van der Waals surface area (Å²) in [6, 6.07) is 11.1. The lowest BCUT2D eigenvalue weighted by molar-refractivity contribution is 0.415. The largest absolute Gasteiger partial charge is 0.497 e. The minimum Gasteiger partial charge on any atom is -0.497 e. The highest BCUT2D eigenvalue weighted by Crippen LogP contribution is 2.25. The Morgan fingerprint density at radius 2 is 2.00 bits per heavy atom. The van der Waals surface area contributed by atoms with Gasteiger partial charge in [0.15, 0.2) is 0 Å². The third-order valence-electron chi connectivity index (χ3n) is 2.39. The van der Waals surface area contributed by atoms with Gasteiger partial charge in [-0.2, -0.15) is 5.26 Å². The number of benzene rings is 1. The predicted molar refractivity (Wildman–Crippen MR) is 70.2 cm³/mol. The summed E-state index contributed by atoms with van der Waals surface area (Å²) in [5.74, 6) is 0.772. The van der Waals surface area contributed by atoms with Gasteiger partial charge in [0.1, 0.15) is 22.5 Å². The van der Waals surface area contributed by atoms with Crippen LogP contribution in [0.4, 0.5) is 11.4 Å². The monoisotopic (exact) mass is 259 g/mol. The molecule has 0 saturated heterocycles. The number of halogens is 1. The number of nitrogens with zero attached hydrogens (tertiary/aromatic N) is 2. The van der Waals surface area contributed by atoms with Crippen molar-refractivity contribution in [2.24, 2.45) is 0 Å². The standard InChI is InChI=1S/C13H10ClN3O/c1-18-10-4-2-9(3-5-10)17-12-6-7-16-13(14)11(12)8-15/h2-7H,1H3,(H,16,17). The number of hydrogen-bond acceptors (Lipinski definition) is 4. The zero-order valence-electron chi connectivity index (χ0n) is 9.64. The quantitative estimate of drug-likeness (QED) is 0.859. The van der Waals surface area contributed by atoms with Crippen molar-refractivity contribution in [3.8, 4) is 11.8 Å². The van der Waals surface area contributed by atoms with Gasteiger partial charge < -0.3 is 10.1 Å². The van der Waals surface area contributed by atoms with Gasteiger partial charge in [-0.25, -0.2) is 4.98 Å². The fourth-order valence-corrected chi connectivity index (χ4v) is 1.68. The van der Waals surface area contributed by atoms with Crippen molar-refractivity contribution < 1.29 is 4.74 Å². The molecular formula is C13H10ClN3O. The Morgan fingerprint density at radius 3 is 2.61 bits per heavy atom. The summed E-state index contributed by atoms with van der Waals surface area (Å²) in [5.41, 5.74) is 1.80. The van der Waals surface area contributed by atoms with Crippen LogP contribution in [0.1, 0.15) is 5.56 Å². The van der Waals surface area contributed by atoms with Crippen molar-refractivity contribution in [2.75, 3.05) is 12.4 Å². The van der Waals surface area contributed by atoms with E-state index in [0.29, 0.717) is 11.3 Å². The van der Waals surface area contributed by atoms with E-state index >= 15 is 0 Å². The minimum absolute atomic E-state index is 0.191. The average Bonchev–Trinajstić information content (AvgIpc) is 2.40. The van der Waals surface area contributed by atoms with Crippen LogP contribution in [-0.4, -0.2) is 12.1 Å². The van der Waals surface area contributed by atoms with E-state index in [9.17, 15) is 0 Å². The minimum atomic E-state index is 0.191. The smallest absolute Gasteiger partial charge is 0.148 e. The van der Waals surface area contributed by atoms with Crippen LogP contribution in [0.25, 0.3) is 0 Å². The number of hydrogen-bond donors (Lipinski definition) is 1. The topological polar surface area (TPSA) is 57.9 Å². The lowest BCUT2D eigenvalue weighted by atomic mass is 10.2. The first-order chi connectivity index (χ1) is 8.74. The molecule has 1 aromatic heterocycles. The molecule has 0 saturated carbocycles. The van der Waals surface area contributed by atoms with Gasteiger partial charge in [-0.15, -0.1) is 0 Å². The number of nitriles is 1. The Bertz CT molecular complexity index is 590. The summed E-state index contributed by atoms with van der Waals surface area (Å²) in [7, 11) is 1.61. The molecule has 0 aliphatic rings. The predicted octanol–water partition coefficient (Wildman–Crippen LogP) is 3.36. The Balaban J connectivity index is 2.28. The first-order valence-corrected chi connectivity index (χ1v) is 5.58. The maximum absolute atomic E-state index is 9.03. The molecule has 0 aliphatic heterocycles. The van der Waals surface area contributed by atoms with Gasteiger partial charge in [-0.3, -0.25) is 0 Å². The maximum Gasteiger partial charge on any atom is 0.148 e. The summed E-state index contributed by atoms with van der Waals surface area (Å²) in [6.07, 6.45) is 1.55. The fourth-order valence-electron chi connectivity index (χ4n) is 1.48. The van der Waals surface area contributed by atoms with Crippen molar-refractivity contribution in [2.45, 2.75) is 0 Å².